The number of aromatic nitrogens is 5. The molecule has 0 bridgehead atoms. The first-order valence-electron chi connectivity index (χ1n) is 6.47. The smallest absolute Gasteiger partial charge is 0.173 e. The summed E-state index contributed by atoms with van der Waals surface area (Å²) in [6.45, 7) is 6.03. The average molecular weight is 261 g/mol. The van der Waals surface area contributed by atoms with E-state index in [4.69, 9.17) is 0 Å². The summed E-state index contributed by atoms with van der Waals surface area (Å²) < 4.78 is 3.46. The van der Waals surface area contributed by atoms with Gasteiger partial charge in [0.15, 0.2) is 5.78 Å². The van der Waals surface area contributed by atoms with Crippen molar-refractivity contribution in [3.63, 3.8) is 0 Å². The summed E-state index contributed by atoms with van der Waals surface area (Å²) in [5.74, 6) is 0.741. The molecule has 0 saturated carbocycles. The summed E-state index contributed by atoms with van der Waals surface area (Å²) >= 11 is 0. The number of hydrogen-bond donors (Lipinski definition) is 0. The molecule has 2 heterocycles. The first-order chi connectivity index (χ1) is 9.02. The summed E-state index contributed by atoms with van der Waals surface area (Å²) in [6.07, 6.45) is 4.28. The number of nitrogens with zero attached hydrogens (tertiary/aromatic N) is 5. The van der Waals surface area contributed by atoms with Gasteiger partial charge in [-0.3, -0.25) is 9.48 Å². The largest absolute Gasteiger partial charge is 0.294 e. The maximum absolute atomic E-state index is 12.3. The highest BCUT2D eigenvalue weighted by Crippen LogP contribution is 2.13. The predicted molar refractivity (Wildman–Crippen MR) is 71.0 cm³/mol. The van der Waals surface area contributed by atoms with Crippen molar-refractivity contribution in [2.75, 3.05) is 0 Å². The van der Waals surface area contributed by atoms with Crippen LogP contribution >= 0.6 is 0 Å². The van der Waals surface area contributed by atoms with E-state index in [9.17, 15) is 4.79 Å². The van der Waals surface area contributed by atoms with Gasteiger partial charge in [0, 0.05) is 19.3 Å². The van der Waals surface area contributed by atoms with Crippen molar-refractivity contribution in [3.8, 4) is 0 Å². The number of carbonyl (C=O) groups excluding carboxylic acids is 1. The second-order valence-electron chi connectivity index (χ2n) is 4.83. The van der Waals surface area contributed by atoms with Crippen LogP contribution in [-0.4, -0.2) is 30.3 Å². The molecule has 2 aromatic rings. The van der Waals surface area contributed by atoms with Crippen molar-refractivity contribution in [3.05, 3.63) is 29.6 Å². The molecule has 0 aliphatic carbocycles. The number of ketones is 1. The molecule has 0 aliphatic rings. The van der Waals surface area contributed by atoms with E-state index >= 15 is 0 Å². The molecule has 102 valence electrons. The Balaban J connectivity index is 2.23. The van der Waals surface area contributed by atoms with E-state index in [-0.39, 0.29) is 18.2 Å². The van der Waals surface area contributed by atoms with Crippen LogP contribution in [0.3, 0.4) is 0 Å². The summed E-state index contributed by atoms with van der Waals surface area (Å²) in [4.78, 5) is 16.5. The lowest BCUT2D eigenvalue weighted by Gasteiger charge is -2.08. The second kappa shape index (κ2) is 5.34. The van der Waals surface area contributed by atoms with Crippen LogP contribution < -0.4 is 0 Å². The quantitative estimate of drug-likeness (QED) is 0.766. The van der Waals surface area contributed by atoms with Crippen molar-refractivity contribution in [2.45, 2.75) is 39.7 Å². The molecule has 0 aromatic carbocycles. The molecule has 0 radical (unpaired) electrons. The Kier molecular flexibility index (Phi) is 3.78. The lowest BCUT2D eigenvalue weighted by atomic mass is 10.1. The van der Waals surface area contributed by atoms with Gasteiger partial charge in [0.25, 0.3) is 0 Å². The molecule has 0 N–H and O–H groups in total. The van der Waals surface area contributed by atoms with E-state index in [2.05, 4.69) is 15.2 Å². The third-order valence-electron chi connectivity index (χ3n) is 3.00. The Morgan fingerprint density at radius 1 is 1.42 bits per heavy atom. The van der Waals surface area contributed by atoms with Gasteiger partial charge in [-0.2, -0.15) is 10.2 Å². The molecule has 0 fully saturated rings. The maximum atomic E-state index is 12.3. The fourth-order valence-electron chi connectivity index (χ4n) is 2.10. The molecule has 0 amide bonds. The lowest BCUT2D eigenvalue weighted by Crippen LogP contribution is -2.13. The van der Waals surface area contributed by atoms with Crippen LogP contribution in [0.25, 0.3) is 0 Å². The topological polar surface area (TPSA) is 65.6 Å². The van der Waals surface area contributed by atoms with Gasteiger partial charge in [0.05, 0.1) is 17.7 Å². The second-order valence-corrected chi connectivity index (χ2v) is 4.83. The SMILES string of the molecule is CCc1nn(C)cc1C(=O)Cc1ncnn1C(C)C. The van der Waals surface area contributed by atoms with E-state index in [0.717, 1.165) is 12.1 Å². The van der Waals surface area contributed by atoms with Crippen LogP contribution in [0.5, 0.6) is 0 Å². The molecular formula is C13H19N5O. The molecule has 2 rings (SSSR count). The zero-order chi connectivity index (χ0) is 14.0. The van der Waals surface area contributed by atoms with Gasteiger partial charge in [0.1, 0.15) is 12.2 Å². The highest BCUT2D eigenvalue weighted by molar-refractivity contribution is 5.98. The minimum atomic E-state index is 0.0415. The highest BCUT2D eigenvalue weighted by Gasteiger charge is 2.18. The van der Waals surface area contributed by atoms with E-state index in [1.807, 2.05) is 27.8 Å². The van der Waals surface area contributed by atoms with Crippen LogP contribution in [0.1, 0.15) is 48.7 Å². The number of Topliss-reactive ketones (excluding diaryl/α,β-unsaturated/α-hetero) is 1. The molecule has 0 spiro atoms. The first-order valence-corrected chi connectivity index (χ1v) is 6.47. The number of aryl methyl sites for hydroxylation is 2. The number of carbonyl (C=O) groups is 1. The van der Waals surface area contributed by atoms with Gasteiger partial charge in [-0.25, -0.2) is 9.67 Å². The van der Waals surface area contributed by atoms with E-state index in [1.54, 1.807) is 15.6 Å². The Bertz CT molecular complexity index is 582. The molecule has 2 aromatic heterocycles. The fourth-order valence-corrected chi connectivity index (χ4v) is 2.10. The Morgan fingerprint density at radius 2 is 2.16 bits per heavy atom. The minimum absolute atomic E-state index is 0.0415. The number of rotatable bonds is 5. The van der Waals surface area contributed by atoms with Crippen molar-refractivity contribution in [1.82, 2.24) is 24.5 Å². The van der Waals surface area contributed by atoms with Crippen LogP contribution in [0.2, 0.25) is 0 Å². The molecule has 0 unspecified atom stereocenters. The standard InChI is InChI=1S/C13H19N5O/c1-5-11-10(7-17(4)16-11)12(19)6-13-14-8-15-18(13)9(2)3/h7-9H,5-6H2,1-4H3. The van der Waals surface area contributed by atoms with Crippen molar-refractivity contribution in [2.24, 2.45) is 7.05 Å². The van der Waals surface area contributed by atoms with Gasteiger partial charge >= 0.3 is 0 Å². The van der Waals surface area contributed by atoms with Crippen LogP contribution in [0, 0.1) is 0 Å². The normalized spacial score (nSPS) is 11.2. The Labute approximate surface area is 112 Å². The molecule has 6 nitrogen and oxygen atoms in total. The van der Waals surface area contributed by atoms with Crippen LogP contribution in [-0.2, 0) is 19.9 Å². The highest BCUT2D eigenvalue weighted by atomic mass is 16.1. The Hall–Kier alpha value is -1.98. The maximum Gasteiger partial charge on any atom is 0.173 e. The van der Waals surface area contributed by atoms with Crippen LogP contribution in [0.4, 0.5) is 0 Å². The molecule has 0 atom stereocenters. The van der Waals surface area contributed by atoms with Gasteiger partial charge in [-0.05, 0) is 20.3 Å². The van der Waals surface area contributed by atoms with E-state index in [0.29, 0.717) is 11.4 Å². The summed E-state index contributed by atoms with van der Waals surface area (Å²) in [5, 5.41) is 8.43. The minimum Gasteiger partial charge on any atom is -0.294 e. The average Bonchev–Trinajstić information content (AvgIpc) is 2.95. The van der Waals surface area contributed by atoms with Crippen LogP contribution in [0.15, 0.2) is 12.5 Å². The van der Waals surface area contributed by atoms with Crippen molar-refractivity contribution in [1.29, 1.82) is 0 Å². The molecule has 0 aliphatic heterocycles. The molecule has 6 heteroatoms. The molecule has 0 saturated heterocycles. The third-order valence-corrected chi connectivity index (χ3v) is 3.00. The van der Waals surface area contributed by atoms with Gasteiger partial charge in [0.2, 0.25) is 0 Å². The first kappa shape index (κ1) is 13.5. The Morgan fingerprint density at radius 3 is 2.79 bits per heavy atom. The fraction of sp³-hybridized carbons (Fsp3) is 0.538. The zero-order valence-electron chi connectivity index (χ0n) is 11.8. The number of hydrogen-bond acceptors (Lipinski definition) is 4. The summed E-state index contributed by atoms with van der Waals surface area (Å²) in [5.41, 5.74) is 1.52. The molecule has 19 heavy (non-hydrogen) atoms. The van der Waals surface area contributed by atoms with Gasteiger partial charge in [-0.15, -0.1) is 0 Å². The van der Waals surface area contributed by atoms with E-state index in [1.165, 1.54) is 6.33 Å². The zero-order valence-corrected chi connectivity index (χ0v) is 11.8. The lowest BCUT2D eigenvalue weighted by molar-refractivity contribution is 0.0988. The molecular weight excluding hydrogens is 242 g/mol. The van der Waals surface area contributed by atoms with Gasteiger partial charge < -0.3 is 0 Å². The van der Waals surface area contributed by atoms with Crippen molar-refractivity contribution < 1.29 is 4.79 Å². The summed E-state index contributed by atoms with van der Waals surface area (Å²) in [6, 6.07) is 0.199. The third kappa shape index (κ3) is 2.72. The summed E-state index contributed by atoms with van der Waals surface area (Å²) in [7, 11) is 1.83. The van der Waals surface area contributed by atoms with Gasteiger partial charge in [-0.1, -0.05) is 6.92 Å². The monoisotopic (exact) mass is 261 g/mol. The van der Waals surface area contributed by atoms with Crippen molar-refractivity contribution >= 4 is 5.78 Å². The predicted octanol–water partition coefficient (Wildman–Crippen LogP) is 1.58. The van der Waals surface area contributed by atoms with E-state index < -0.39 is 0 Å².